The Balaban J connectivity index is 1.91. The molecule has 0 amide bonds. The fourth-order valence-corrected chi connectivity index (χ4v) is 4.34. The van der Waals surface area contributed by atoms with Gasteiger partial charge in [0.25, 0.3) is 0 Å². The molecular weight excluding hydrogens is 260 g/mol. The molecule has 4 nitrogen and oxygen atoms in total. The molecule has 19 heavy (non-hydrogen) atoms. The molecule has 5 heteroatoms. The van der Waals surface area contributed by atoms with Crippen LogP contribution in [0.3, 0.4) is 0 Å². The Hall–Kier alpha value is -0.130. The van der Waals surface area contributed by atoms with E-state index in [-0.39, 0.29) is 11.3 Å². The van der Waals surface area contributed by atoms with Gasteiger partial charge in [0.15, 0.2) is 0 Å². The van der Waals surface area contributed by atoms with Gasteiger partial charge in [-0.05, 0) is 32.6 Å². The fraction of sp³-hybridized carbons (Fsp3) is 1.00. The second kappa shape index (κ2) is 6.55. The largest absolute Gasteiger partial charge is 0.313 e. The van der Waals surface area contributed by atoms with Crippen molar-refractivity contribution in [3.8, 4) is 0 Å². The van der Waals surface area contributed by atoms with E-state index in [4.69, 9.17) is 0 Å². The lowest BCUT2D eigenvalue weighted by atomic mass is 10.1. The zero-order chi connectivity index (χ0) is 13.9. The topological polar surface area (TPSA) is 49.4 Å². The highest BCUT2D eigenvalue weighted by Crippen LogP contribution is 2.24. The van der Waals surface area contributed by atoms with Gasteiger partial charge in [0, 0.05) is 25.7 Å². The van der Waals surface area contributed by atoms with Crippen LogP contribution in [0.4, 0.5) is 0 Å². The van der Waals surface area contributed by atoms with Crippen LogP contribution in [0.25, 0.3) is 0 Å². The summed E-state index contributed by atoms with van der Waals surface area (Å²) in [5, 5.41) is 3.01. The Morgan fingerprint density at radius 3 is 2.21 bits per heavy atom. The number of rotatable bonds is 6. The molecule has 2 rings (SSSR count). The number of hydrogen-bond donors (Lipinski definition) is 1. The van der Waals surface area contributed by atoms with Crippen LogP contribution >= 0.6 is 0 Å². The molecule has 1 atom stereocenters. The summed E-state index contributed by atoms with van der Waals surface area (Å²) in [6, 6.07) is 0.789. The normalized spacial score (nSPS) is 24.4. The fourth-order valence-electron chi connectivity index (χ4n) is 2.84. The van der Waals surface area contributed by atoms with Crippen molar-refractivity contribution in [2.75, 3.05) is 13.6 Å². The lowest BCUT2D eigenvalue weighted by Gasteiger charge is -2.29. The lowest BCUT2D eigenvalue weighted by Crippen LogP contribution is -2.45. The summed E-state index contributed by atoms with van der Waals surface area (Å²) in [6.07, 6.45) is 9.29. The smallest absolute Gasteiger partial charge is 0.217 e. The third kappa shape index (κ3) is 4.17. The van der Waals surface area contributed by atoms with Gasteiger partial charge in [0.1, 0.15) is 0 Å². The van der Waals surface area contributed by atoms with Gasteiger partial charge in [0.05, 0.1) is 5.25 Å². The molecular formula is C14H28N2O2S. The first-order chi connectivity index (χ1) is 9.01. The van der Waals surface area contributed by atoms with Gasteiger partial charge < -0.3 is 5.32 Å². The zero-order valence-electron chi connectivity index (χ0n) is 12.3. The summed E-state index contributed by atoms with van der Waals surface area (Å²) in [6.45, 7) is 2.42. The summed E-state index contributed by atoms with van der Waals surface area (Å²) in [4.78, 5) is 0. The highest BCUT2D eigenvalue weighted by Gasteiger charge is 2.32. The number of hydrogen-bond acceptors (Lipinski definition) is 3. The molecule has 0 aromatic rings. The Bertz CT molecular complexity index is 371. The SMILES string of the molecule is CC(CNC1CC1)S(=O)(=O)N(C)C1CCCCCC1. The average molecular weight is 288 g/mol. The first-order valence-electron chi connectivity index (χ1n) is 7.72. The quantitative estimate of drug-likeness (QED) is 0.762. The van der Waals surface area contributed by atoms with E-state index in [0.29, 0.717) is 12.6 Å². The standard InChI is InChI=1S/C14H28N2O2S/c1-12(11-15-13-9-10-13)19(17,18)16(2)14-7-5-3-4-6-8-14/h12-15H,3-11H2,1-2H3. The molecule has 2 aliphatic rings. The van der Waals surface area contributed by atoms with Crippen LogP contribution in [0.2, 0.25) is 0 Å². The summed E-state index contributed by atoms with van der Waals surface area (Å²) < 4.78 is 26.8. The highest BCUT2D eigenvalue weighted by molar-refractivity contribution is 7.89. The van der Waals surface area contributed by atoms with Crippen molar-refractivity contribution in [2.24, 2.45) is 0 Å². The van der Waals surface area contributed by atoms with Gasteiger partial charge in [-0.3, -0.25) is 0 Å². The second-order valence-corrected chi connectivity index (χ2v) is 8.61. The molecule has 0 saturated heterocycles. The van der Waals surface area contributed by atoms with Crippen molar-refractivity contribution in [3.63, 3.8) is 0 Å². The van der Waals surface area contributed by atoms with Crippen LogP contribution < -0.4 is 5.32 Å². The van der Waals surface area contributed by atoms with Crippen LogP contribution in [0.1, 0.15) is 58.3 Å². The van der Waals surface area contributed by atoms with Crippen LogP contribution in [-0.4, -0.2) is 43.6 Å². The van der Waals surface area contributed by atoms with E-state index in [1.165, 1.54) is 38.5 Å². The van der Waals surface area contributed by atoms with Crippen molar-refractivity contribution >= 4 is 10.0 Å². The van der Waals surface area contributed by atoms with Gasteiger partial charge in [-0.1, -0.05) is 25.7 Å². The number of nitrogens with zero attached hydrogens (tertiary/aromatic N) is 1. The summed E-state index contributed by atoms with van der Waals surface area (Å²) in [7, 11) is -1.38. The molecule has 0 aromatic heterocycles. The van der Waals surface area contributed by atoms with Crippen LogP contribution in [0, 0.1) is 0 Å². The summed E-state index contributed by atoms with van der Waals surface area (Å²) >= 11 is 0. The van der Waals surface area contributed by atoms with E-state index in [2.05, 4.69) is 5.32 Å². The molecule has 2 saturated carbocycles. The molecule has 0 spiro atoms. The van der Waals surface area contributed by atoms with Crippen LogP contribution in [0.15, 0.2) is 0 Å². The number of nitrogens with one attached hydrogen (secondary N) is 1. The van der Waals surface area contributed by atoms with Crippen molar-refractivity contribution in [3.05, 3.63) is 0 Å². The third-order valence-corrected chi connectivity index (χ3v) is 6.80. The number of sulfonamides is 1. The van der Waals surface area contributed by atoms with Gasteiger partial charge >= 0.3 is 0 Å². The van der Waals surface area contributed by atoms with E-state index >= 15 is 0 Å². The first kappa shape index (κ1) is 15.3. The summed E-state index contributed by atoms with van der Waals surface area (Å²) in [5.41, 5.74) is 0. The Kier molecular flexibility index (Phi) is 5.26. The molecule has 2 fully saturated rings. The maximum atomic E-state index is 12.6. The predicted molar refractivity (Wildman–Crippen MR) is 78.7 cm³/mol. The molecule has 0 heterocycles. The van der Waals surface area contributed by atoms with Crippen molar-refractivity contribution < 1.29 is 8.42 Å². The minimum absolute atomic E-state index is 0.218. The monoisotopic (exact) mass is 288 g/mol. The van der Waals surface area contributed by atoms with E-state index in [1.807, 2.05) is 6.92 Å². The van der Waals surface area contributed by atoms with Gasteiger partial charge in [-0.2, -0.15) is 0 Å². The summed E-state index contributed by atoms with van der Waals surface area (Å²) in [5.74, 6) is 0. The lowest BCUT2D eigenvalue weighted by molar-refractivity contribution is 0.331. The van der Waals surface area contributed by atoms with E-state index in [1.54, 1.807) is 11.4 Å². The Morgan fingerprint density at radius 2 is 1.68 bits per heavy atom. The molecule has 0 radical (unpaired) electrons. The molecule has 2 aliphatic carbocycles. The molecule has 112 valence electrons. The molecule has 0 aromatic carbocycles. The minimum Gasteiger partial charge on any atom is -0.313 e. The van der Waals surface area contributed by atoms with E-state index < -0.39 is 10.0 Å². The van der Waals surface area contributed by atoms with Crippen LogP contribution in [0.5, 0.6) is 0 Å². The maximum absolute atomic E-state index is 12.6. The van der Waals surface area contributed by atoms with Crippen LogP contribution in [-0.2, 0) is 10.0 Å². The van der Waals surface area contributed by atoms with Gasteiger partial charge in [-0.25, -0.2) is 12.7 Å². The minimum atomic E-state index is -3.15. The maximum Gasteiger partial charge on any atom is 0.217 e. The molecule has 1 unspecified atom stereocenters. The van der Waals surface area contributed by atoms with Crippen molar-refractivity contribution in [2.45, 2.75) is 75.6 Å². The molecule has 0 aliphatic heterocycles. The Morgan fingerprint density at radius 1 is 1.11 bits per heavy atom. The second-order valence-electron chi connectivity index (χ2n) is 6.20. The predicted octanol–water partition coefficient (Wildman–Crippen LogP) is 2.11. The van der Waals surface area contributed by atoms with E-state index in [0.717, 1.165) is 12.8 Å². The van der Waals surface area contributed by atoms with Crippen molar-refractivity contribution in [1.29, 1.82) is 0 Å². The average Bonchev–Trinajstić information content (AvgIpc) is 3.21. The van der Waals surface area contributed by atoms with Gasteiger partial charge in [0.2, 0.25) is 10.0 Å². The third-order valence-electron chi connectivity index (χ3n) is 4.52. The molecule has 0 bridgehead atoms. The first-order valence-corrected chi connectivity index (χ1v) is 9.22. The van der Waals surface area contributed by atoms with E-state index in [9.17, 15) is 8.42 Å². The van der Waals surface area contributed by atoms with Crippen molar-refractivity contribution in [1.82, 2.24) is 9.62 Å². The Labute approximate surface area is 118 Å². The molecule has 1 N–H and O–H groups in total. The van der Waals surface area contributed by atoms with Gasteiger partial charge in [-0.15, -0.1) is 0 Å². The highest BCUT2D eigenvalue weighted by atomic mass is 32.2. The zero-order valence-corrected chi connectivity index (χ0v) is 13.1.